The minimum absolute atomic E-state index is 0.105. The van der Waals surface area contributed by atoms with E-state index in [0.717, 1.165) is 114 Å². The van der Waals surface area contributed by atoms with Crippen LogP contribution in [0.25, 0.3) is 0 Å². The van der Waals surface area contributed by atoms with Gasteiger partial charge in [-0.15, -0.1) is 0 Å². The zero-order valence-electron chi connectivity index (χ0n) is 62.3. The van der Waals surface area contributed by atoms with E-state index in [2.05, 4.69) is 55.4 Å². The molecule has 0 aromatic rings. The lowest BCUT2D eigenvalue weighted by Gasteiger charge is -2.21. The molecule has 0 aromatic heterocycles. The Morgan fingerprint density at radius 1 is 0.263 bits per heavy atom. The predicted octanol–water partition coefficient (Wildman–Crippen LogP) is 22.0. The van der Waals surface area contributed by atoms with Crippen molar-refractivity contribution in [3.8, 4) is 0 Å². The van der Waals surface area contributed by atoms with Gasteiger partial charge in [0.15, 0.2) is 12.2 Å². The van der Waals surface area contributed by atoms with Gasteiger partial charge < -0.3 is 33.8 Å². The molecule has 0 aliphatic rings. The average Bonchev–Trinajstić information content (AvgIpc) is 1.36. The summed E-state index contributed by atoms with van der Waals surface area (Å²) in [4.78, 5) is 72.8. The first kappa shape index (κ1) is 93.1. The van der Waals surface area contributed by atoms with Gasteiger partial charge in [-0.05, 0) is 49.4 Å². The maximum Gasteiger partial charge on any atom is 0.472 e. The monoisotopic (exact) mass is 1400 g/mol. The van der Waals surface area contributed by atoms with Gasteiger partial charge in [0, 0.05) is 25.7 Å². The van der Waals surface area contributed by atoms with Crippen LogP contribution in [0.3, 0.4) is 0 Å². The molecule has 0 heterocycles. The second kappa shape index (κ2) is 65.4. The number of hydrogen-bond acceptors (Lipinski definition) is 15. The van der Waals surface area contributed by atoms with Crippen molar-refractivity contribution in [3.63, 3.8) is 0 Å². The van der Waals surface area contributed by atoms with Crippen molar-refractivity contribution in [3.05, 3.63) is 0 Å². The van der Waals surface area contributed by atoms with Gasteiger partial charge in [-0.25, -0.2) is 9.13 Å². The summed E-state index contributed by atoms with van der Waals surface area (Å²) in [5.74, 6) is 0.886. The lowest BCUT2D eigenvalue weighted by atomic mass is 10.0. The van der Waals surface area contributed by atoms with Crippen molar-refractivity contribution in [2.24, 2.45) is 23.7 Å². The summed E-state index contributed by atoms with van der Waals surface area (Å²) in [5.41, 5.74) is 0. The summed E-state index contributed by atoms with van der Waals surface area (Å²) in [6, 6.07) is 0. The molecule has 0 rings (SSSR count). The average molecular weight is 1400 g/mol. The second-order valence-corrected chi connectivity index (χ2v) is 32.2. The zero-order valence-corrected chi connectivity index (χ0v) is 64.1. The summed E-state index contributed by atoms with van der Waals surface area (Å²) in [6.07, 6.45) is 50.1. The van der Waals surface area contributed by atoms with Crippen molar-refractivity contribution < 1.29 is 80.2 Å². The van der Waals surface area contributed by atoms with E-state index in [9.17, 15) is 43.2 Å². The molecule has 0 amide bonds. The van der Waals surface area contributed by atoms with Crippen LogP contribution in [-0.2, 0) is 65.4 Å². The highest BCUT2D eigenvalue weighted by Crippen LogP contribution is 2.45. The van der Waals surface area contributed by atoms with Crippen molar-refractivity contribution in [1.29, 1.82) is 0 Å². The number of aliphatic hydroxyl groups excluding tert-OH is 1. The van der Waals surface area contributed by atoms with Crippen molar-refractivity contribution in [2.45, 2.75) is 401 Å². The van der Waals surface area contributed by atoms with E-state index in [-0.39, 0.29) is 25.7 Å². The number of carbonyl (C=O) groups is 4. The maximum absolute atomic E-state index is 13.1. The minimum atomic E-state index is -4.96. The number of unbranched alkanes of at least 4 members (excludes halogenated alkanes) is 39. The zero-order chi connectivity index (χ0) is 70.3. The molecule has 0 fully saturated rings. The molecule has 2 unspecified atom stereocenters. The third-order valence-corrected chi connectivity index (χ3v) is 19.5. The van der Waals surface area contributed by atoms with Gasteiger partial charge >= 0.3 is 39.5 Å². The van der Waals surface area contributed by atoms with E-state index < -0.39 is 97.5 Å². The summed E-state index contributed by atoms with van der Waals surface area (Å²) in [7, 11) is -9.91. The van der Waals surface area contributed by atoms with Crippen molar-refractivity contribution in [1.82, 2.24) is 0 Å². The Kier molecular flexibility index (Phi) is 64.0. The van der Waals surface area contributed by atoms with Gasteiger partial charge in [-0.1, -0.05) is 331 Å². The molecule has 95 heavy (non-hydrogen) atoms. The lowest BCUT2D eigenvalue weighted by molar-refractivity contribution is -0.161. The van der Waals surface area contributed by atoms with Crippen LogP contribution in [0, 0.1) is 23.7 Å². The van der Waals surface area contributed by atoms with Crippen LogP contribution in [0.4, 0.5) is 0 Å². The predicted molar refractivity (Wildman–Crippen MR) is 386 cm³/mol. The highest BCUT2D eigenvalue weighted by Gasteiger charge is 2.30. The van der Waals surface area contributed by atoms with Gasteiger partial charge in [-0.2, -0.15) is 0 Å². The molecule has 0 aromatic carbocycles. The van der Waals surface area contributed by atoms with E-state index in [0.29, 0.717) is 31.6 Å². The quantitative estimate of drug-likeness (QED) is 0.0222. The van der Waals surface area contributed by atoms with E-state index in [4.69, 9.17) is 37.0 Å². The highest BCUT2D eigenvalue weighted by molar-refractivity contribution is 7.47. The van der Waals surface area contributed by atoms with Gasteiger partial charge in [-0.3, -0.25) is 37.3 Å². The Labute approximate surface area is 581 Å². The third-order valence-electron chi connectivity index (χ3n) is 17.6. The molecule has 0 saturated carbocycles. The number of rotatable bonds is 73. The largest absolute Gasteiger partial charge is 0.472 e. The molecule has 0 aliphatic heterocycles. The van der Waals surface area contributed by atoms with Crippen LogP contribution >= 0.6 is 15.6 Å². The smallest absolute Gasteiger partial charge is 0.462 e. The number of aliphatic hydroxyl groups is 1. The molecule has 0 bridgehead atoms. The molecule has 3 N–H and O–H groups in total. The number of hydrogen-bond donors (Lipinski definition) is 3. The Hall–Kier alpha value is -1.94. The number of carbonyl (C=O) groups excluding carboxylic acids is 4. The highest BCUT2D eigenvalue weighted by atomic mass is 31.2. The van der Waals surface area contributed by atoms with Crippen LogP contribution in [0.1, 0.15) is 383 Å². The summed E-state index contributed by atoms with van der Waals surface area (Å²) < 4.78 is 68.5. The number of ether oxygens (including phenoxy) is 4. The summed E-state index contributed by atoms with van der Waals surface area (Å²) in [5, 5.41) is 10.6. The molecule has 5 atom stereocenters. The first-order valence-corrected chi connectivity index (χ1v) is 42.2. The van der Waals surface area contributed by atoms with Crippen LogP contribution in [0.5, 0.6) is 0 Å². The maximum atomic E-state index is 13.1. The fraction of sp³-hybridized carbons (Fsp3) is 0.947. The molecule has 0 radical (unpaired) electrons. The molecular formula is C76H148O17P2. The lowest BCUT2D eigenvalue weighted by Crippen LogP contribution is -2.30. The molecule has 0 saturated heterocycles. The second-order valence-electron chi connectivity index (χ2n) is 29.3. The van der Waals surface area contributed by atoms with E-state index >= 15 is 0 Å². The standard InChI is InChI=1S/C76H148O17P2/c1-66(2)52-44-36-28-22-16-13-11-9-10-12-14-18-25-31-40-48-56-73(78)86-62-71(92-76(81)59-51-43-33-27-21-20-24-30-38-46-54-68(5)6)64-90-94(82,83)88-60-70(77)61-89-95(84,85)91-65-72(63-87-74(79)57-49-41-35-34-39-47-55-69(7)8)93-75(80)58-50-42-32-26-19-15-17-23-29-37-45-53-67(3)4/h66-72,77H,9-65H2,1-8H3,(H,82,83)(H,84,85)/t70-,71-,72-/m1/s1. The summed E-state index contributed by atoms with van der Waals surface area (Å²) >= 11 is 0. The molecule has 564 valence electrons. The van der Waals surface area contributed by atoms with Crippen molar-refractivity contribution >= 4 is 39.5 Å². The normalized spacial score (nSPS) is 14.1. The number of phosphoric acid groups is 2. The van der Waals surface area contributed by atoms with E-state index in [1.54, 1.807) is 0 Å². The Morgan fingerprint density at radius 3 is 0.653 bits per heavy atom. The van der Waals surface area contributed by atoms with Crippen LogP contribution in [-0.4, -0.2) is 96.7 Å². The first-order chi connectivity index (χ1) is 45.6. The van der Waals surface area contributed by atoms with Crippen LogP contribution in [0.15, 0.2) is 0 Å². The fourth-order valence-electron chi connectivity index (χ4n) is 11.6. The van der Waals surface area contributed by atoms with Gasteiger partial charge in [0.25, 0.3) is 0 Å². The Morgan fingerprint density at radius 2 is 0.442 bits per heavy atom. The molecule has 0 spiro atoms. The summed E-state index contributed by atoms with van der Waals surface area (Å²) in [6.45, 7) is 14.1. The SMILES string of the molecule is CC(C)CCCCCCCCCCCCCCCCCCC(=O)OC[C@H](COP(=O)(O)OC[C@@H](O)COP(=O)(O)OC[C@@H](COC(=O)CCCCCCCCC(C)C)OC(=O)CCCCCCCCCCCCCC(C)C)OC(=O)CCCCCCCCCCCCC(C)C. The van der Waals surface area contributed by atoms with Gasteiger partial charge in [0.2, 0.25) is 0 Å². The molecular weight excluding hydrogens is 1250 g/mol. The van der Waals surface area contributed by atoms with Crippen LogP contribution < -0.4 is 0 Å². The molecule has 19 heteroatoms. The number of phosphoric ester groups is 2. The van der Waals surface area contributed by atoms with Gasteiger partial charge in [0.1, 0.15) is 19.3 Å². The molecule has 0 aliphatic carbocycles. The minimum Gasteiger partial charge on any atom is -0.462 e. The number of esters is 4. The Bertz CT molecular complexity index is 1870. The first-order valence-electron chi connectivity index (χ1n) is 39.2. The topological polar surface area (TPSA) is 237 Å². The van der Waals surface area contributed by atoms with Crippen LogP contribution in [0.2, 0.25) is 0 Å². The van der Waals surface area contributed by atoms with E-state index in [1.165, 1.54) is 180 Å². The Balaban J connectivity index is 5.21. The fourth-order valence-corrected chi connectivity index (χ4v) is 13.1. The van der Waals surface area contributed by atoms with E-state index in [1.807, 2.05) is 0 Å². The molecule has 17 nitrogen and oxygen atoms in total. The van der Waals surface area contributed by atoms with Gasteiger partial charge in [0.05, 0.1) is 26.4 Å². The van der Waals surface area contributed by atoms with Crippen molar-refractivity contribution in [2.75, 3.05) is 39.6 Å². The third kappa shape index (κ3) is 70.3.